The SMILES string of the molecule is NNc1nc(NCc2cc(Br)cs2)c2cn[nH]c2n1. The molecule has 19 heavy (non-hydrogen) atoms. The lowest BCUT2D eigenvalue weighted by atomic mass is 10.4. The van der Waals surface area contributed by atoms with Gasteiger partial charge in [-0.15, -0.1) is 11.3 Å². The molecule has 0 fully saturated rings. The Morgan fingerprint density at radius 1 is 1.42 bits per heavy atom. The highest BCUT2D eigenvalue weighted by atomic mass is 79.9. The van der Waals surface area contributed by atoms with E-state index in [9.17, 15) is 0 Å². The molecule has 0 saturated heterocycles. The third kappa shape index (κ3) is 2.53. The fourth-order valence-corrected chi connectivity index (χ4v) is 3.04. The highest BCUT2D eigenvalue weighted by Crippen LogP contribution is 2.23. The van der Waals surface area contributed by atoms with Gasteiger partial charge < -0.3 is 5.32 Å². The number of aromatic amines is 1. The Balaban J connectivity index is 1.88. The Kier molecular flexibility index (Phi) is 3.32. The highest BCUT2D eigenvalue weighted by molar-refractivity contribution is 9.10. The van der Waals surface area contributed by atoms with Crippen LogP contribution in [0.2, 0.25) is 0 Å². The van der Waals surface area contributed by atoms with Gasteiger partial charge in [0.25, 0.3) is 0 Å². The van der Waals surface area contributed by atoms with Crippen molar-refractivity contribution in [1.82, 2.24) is 20.2 Å². The van der Waals surface area contributed by atoms with Crippen LogP contribution < -0.4 is 16.6 Å². The van der Waals surface area contributed by atoms with Crippen LogP contribution in [0.25, 0.3) is 11.0 Å². The van der Waals surface area contributed by atoms with E-state index in [2.05, 4.69) is 52.9 Å². The Labute approximate surface area is 120 Å². The molecule has 9 heteroatoms. The number of halogens is 1. The van der Waals surface area contributed by atoms with E-state index in [0.29, 0.717) is 24.0 Å². The summed E-state index contributed by atoms with van der Waals surface area (Å²) < 4.78 is 1.08. The predicted molar refractivity (Wildman–Crippen MR) is 78.8 cm³/mol. The summed E-state index contributed by atoms with van der Waals surface area (Å²) in [7, 11) is 0. The molecule has 3 aromatic rings. The topological polar surface area (TPSA) is 105 Å². The number of H-pyrrole nitrogens is 1. The minimum Gasteiger partial charge on any atom is -0.364 e. The van der Waals surface area contributed by atoms with Crippen molar-refractivity contribution in [3.05, 3.63) is 27.0 Å². The van der Waals surface area contributed by atoms with Gasteiger partial charge in [-0.05, 0) is 22.0 Å². The summed E-state index contributed by atoms with van der Waals surface area (Å²) in [5.74, 6) is 6.38. The molecule has 7 nitrogen and oxygen atoms in total. The monoisotopic (exact) mass is 339 g/mol. The first-order valence-electron chi connectivity index (χ1n) is 5.41. The number of nitrogens with zero attached hydrogens (tertiary/aromatic N) is 3. The summed E-state index contributed by atoms with van der Waals surface area (Å²) in [6, 6.07) is 2.06. The Hall–Kier alpha value is -1.71. The van der Waals surface area contributed by atoms with Crippen LogP contribution in [0.5, 0.6) is 0 Å². The van der Waals surface area contributed by atoms with Gasteiger partial charge in [-0.2, -0.15) is 15.1 Å². The first kappa shape index (κ1) is 12.3. The van der Waals surface area contributed by atoms with Gasteiger partial charge in [0.05, 0.1) is 18.1 Å². The Morgan fingerprint density at radius 2 is 2.32 bits per heavy atom. The van der Waals surface area contributed by atoms with E-state index in [4.69, 9.17) is 5.84 Å². The van der Waals surface area contributed by atoms with Crippen LogP contribution in [-0.2, 0) is 6.54 Å². The van der Waals surface area contributed by atoms with Gasteiger partial charge in [0.2, 0.25) is 5.95 Å². The van der Waals surface area contributed by atoms with Gasteiger partial charge in [-0.25, -0.2) is 5.84 Å². The second-order valence-corrected chi connectivity index (χ2v) is 5.67. The molecule has 0 bridgehead atoms. The fourth-order valence-electron chi connectivity index (χ4n) is 1.65. The molecule has 98 valence electrons. The van der Waals surface area contributed by atoms with Gasteiger partial charge >= 0.3 is 0 Å². The Morgan fingerprint density at radius 3 is 3.05 bits per heavy atom. The molecule has 5 N–H and O–H groups in total. The number of nitrogens with two attached hydrogens (primary N) is 1. The quantitative estimate of drug-likeness (QED) is 0.428. The maximum Gasteiger partial charge on any atom is 0.241 e. The van der Waals surface area contributed by atoms with E-state index < -0.39 is 0 Å². The number of hydrazine groups is 1. The first-order valence-corrected chi connectivity index (χ1v) is 7.08. The lowest BCUT2D eigenvalue weighted by molar-refractivity contribution is 1.07. The molecule has 0 saturated carbocycles. The molecule has 0 unspecified atom stereocenters. The van der Waals surface area contributed by atoms with Crippen LogP contribution in [0.1, 0.15) is 4.88 Å². The second kappa shape index (κ2) is 5.11. The molecule has 0 amide bonds. The van der Waals surface area contributed by atoms with Crippen molar-refractivity contribution in [3.63, 3.8) is 0 Å². The van der Waals surface area contributed by atoms with Crippen molar-refractivity contribution < 1.29 is 0 Å². The van der Waals surface area contributed by atoms with Crippen molar-refractivity contribution in [2.45, 2.75) is 6.54 Å². The molecule has 0 aliphatic heterocycles. The number of rotatable bonds is 4. The normalized spacial score (nSPS) is 10.8. The van der Waals surface area contributed by atoms with Crippen molar-refractivity contribution in [2.75, 3.05) is 10.7 Å². The Bertz CT molecular complexity index is 707. The largest absolute Gasteiger partial charge is 0.364 e. The molecular weight excluding hydrogens is 330 g/mol. The van der Waals surface area contributed by atoms with E-state index in [1.54, 1.807) is 17.5 Å². The zero-order chi connectivity index (χ0) is 13.2. The van der Waals surface area contributed by atoms with Crippen LogP contribution in [0.3, 0.4) is 0 Å². The van der Waals surface area contributed by atoms with Gasteiger partial charge in [0.15, 0.2) is 5.65 Å². The summed E-state index contributed by atoms with van der Waals surface area (Å²) in [5.41, 5.74) is 3.07. The number of nitrogen functional groups attached to an aromatic ring is 1. The smallest absolute Gasteiger partial charge is 0.241 e. The molecular formula is C10H10BrN7S. The maximum atomic E-state index is 5.35. The molecule has 0 radical (unpaired) electrons. The van der Waals surface area contributed by atoms with Crippen LogP contribution in [0, 0.1) is 0 Å². The van der Waals surface area contributed by atoms with Crippen LogP contribution in [0.4, 0.5) is 11.8 Å². The van der Waals surface area contributed by atoms with Gasteiger partial charge in [-0.1, -0.05) is 0 Å². The third-order valence-electron chi connectivity index (χ3n) is 2.49. The highest BCUT2D eigenvalue weighted by Gasteiger charge is 2.09. The molecule has 3 rings (SSSR count). The van der Waals surface area contributed by atoms with Gasteiger partial charge in [0.1, 0.15) is 5.82 Å². The van der Waals surface area contributed by atoms with E-state index in [1.165, 1.54) is 4.88 Å². The average molecular weight is 340 g/mol. The summed E-state index contributed by atoms with van der Waals surface area (Å²) in [4.78, 5) is 9.65. The van der Waals surface area contributed by atoms with Crippen molar-refractivity contribution in [3.8, 4) is 0 Å². The molecule has 3 aromatic heterocycles. The summed E-state index contributed by atoms with van der Waals surface area (Å²) in [6.45, 7) is 0.678. The number of thiophene rings is 1. The molecule has 0 aromatic carbocycles. The van der Waals surface area contributed by atoms with Crippen LogP contribution >= 0.6 is 27.3 Å². The van der Waals surface area contributed by atoms with E-state index >= 15 is 0 Å². The molecule has 0 aliphatic carbocycles. The third-order valence-corrected chi connectivity index (χ3v) is 4.19. The number of nitrogens with one attached hydrogen (secondary N) is 3. The number of anilines is 2. The lowest BCUT2D eigenvalue weighted by Crippen LogP contribution is -2.12. The minimum absolute atomic E-state index is 0.339. The summed E-state index contributed by atoms with van der Waals surface area (Å²) in [5, 5.41) is 12.9. The molecule has 0 aliphatic rings. The number of aromatic nitrogens is 4. The van der Waals surface area contributed by atoms with Gasteiger partial charge in [0, 0.05) is 14.7 Å². The number of hydrogen-bond donors (Lipinski definition) is 4. The fraction of sp³-hybridized carbons (Fsp3) is 0.100. The second-order valence-electron chi connectivity index (χ2n) is 3.76. The number of fused-ring (bicyclic) bond motifs is 1. The minimum atomic E-state index is 0.339. The summed E-state index contributed by atoms with van der Waals surface area (Å²) >= 11 is 5.10. The van der Waals surface area contributed by atoms with Crippen molar-refractivity contribution >= 4 is 50.1 Å². The lowest BCUT2D eigenvalue weighted by Gasteiger charge is -2.06. The molecule has 3 heterocycles. The molecule has 0 spiro atoms. The summed E-state index contributed by atoms with van der Waals surface area (Å²) in [6.07, 6.45) is 1.68. The average Bonchev–Trinajstić information content (AvgIpc) is 3.04. The van der Waals surface area contributed by atoms with E-state index in [0.717, 1.165) is 9.86 Å². The van der Waals surface area contributed by atoms with E-state index in [-0.39, 0.29) is 0 Å². The van der Waals surface area contributed by atoms with Crippen LogP contribution in [-0.4, -0.2) is 20.2 Å². The van der Waals surface area contributed by atoms with Crippen LogP contribution in [0.15, 0.2) is 22.1 Å². The van der Waals surface area contributed by atoms with Crippen molar-refractivity contribution in [2.24, 2.45) is 5.84 Å². The van der Waals surface area contributed by atoms with Crippen molar-refractivity contribution in [1.29, 1.82) is 0 Å². The molecule has 0 atom stereocenters. The zero-order valence-electron chi connectivity index (χ0n) is 9.64. The number of hydrogen-bond acceptors (Lipinski definition) is 7. The standard InChI is InChI=1S/C10H10BrN7S/c11-5-1-6(19-4-5)2-13-8-7-3-14-18-9(7)16-10(15-8)17-12/h1,3-4H,2,12H2,(H3,13,14,15,16,17,18). The van der Waals surface area contributed by atoms with E-state index in [1.807, 2.05) is 5.38 Å². The predicted octanol–water partition coefficient (Wildman–Crippen LogP) is 2.07. The van der Waals surface area contributed by atoms with Gasteiger partial charge in [-0.3, -0.25) is 10.5 Å². The zero-order valence-corrected chi connectivity index (χ0v) is 12.0. The maximum absolute atomic E-state index is 5.35. The first-order chi connectivity index (χ1) is 9.26.